The fourth-order valence-corrected chi connectivity index (χ4v) is 3.21. The van der Waals surface area contributed by atoms with Gasteiger partial charge in [0.15, 0.2) is 6.61 Å². The van der Waals surface area contributed by atoms with Crippen LogP contribution in [0.3, 0.4) is 0 Å². The number of amides is 2. The fourth-order valence-electron chi connectivity index (χ4n) is 2.95. The van der Waals surface area contributed by atoms with Crippen LogP contribution in [0.2, 0.25) is 0 Å². The number of likely N-dealkylation sites (N-methyl/N-ethyl adjacent to an activating group) is 1. The monoisotopic (exact) mass is 446 g/mol. The maximum absolute atomic E-state index is 12.9. The summed E-state index contributed by atoms with van der Waals surface area (Å²) in [5.41, 5.74) is 1.12. The van der Waals surface area contributed by atoms with Gasteiger partial charge in [-0.1, -0.05) is 53.2 Å². The van der Waals surface area contributed by atoms with Crippen LogP contribution < -0.4 is 10.1 Å². The minimum absolute atomic E-state index is 0.105. The molecule has 1 atom stereocenters. The van der Waals surface area contributed by atoms with E-state index < -0.39 is 6.04 Å². The number of nitrogens with one attached hydrogen (secondary N) is 1. The number of benzene rings is 2. The molecule has 0 saturated carbocycles. The van der Waals surface area contributed by atoms with Gasteiger partial charge < -0.3 is 15.0 Å². The van der Waals surface area contributed by atoms with Crippen molar-refractivity contribution in [1.29, 1.82) is 0 Å². The third kappa shape index (κ3) is 6.68. The van der Waals surface area contributed by atoms with Gasteiger partial charge in [0, 0.05) is 17.6 Å². The summed E-state index contributed by atoms with van der Waals surface area (Å²) >= 11 is 3.38. The summed E-state index contributed by atoms with van der Waals surface area (Å²) in [5.74, 6) is 0.289. The van der Waals surface area contributed by atoms with Crippen LogP contribution >= 0.6 is 15.9 Å². The molecule has 0 radical (unpaired) electrons. The molecule has 0 aliphatic carbocycles. The summed E-state index contributed by atoms with van der Waals surface area (Å²) in [5, 5.41) is 2.83. The Labute approximate surface area is 175 Å². The topological polar surface area (TPSA) is 58.6 Å². The van der Waals surface area contributed by atoms with Gasteiger partial charge in [0.2, 0.25) is 5.91 Å². The SMILES string of the molecule is CCNC(=O)[C@H](CC)N(CCc1ccccc1)C(=O)COc1ccc(Br)cc1. The molecule has 0 unspecified atom stereocenters. The molecule has 0 aliphatic heterocycles. The second kappa shape index (κ2) is 11.5. The molecule has 0 aromatic heterocycles. The number of hydrogen-bond acceptors (Lipinski definition) is 3. The van der Waals surface area contributed by atoms with E-state index in [2.05, 4.69) is 21.2 Å². The summed E-state index contributed by atoms with van der Waals surface area (Å²) in [6.07, 6.45) is 1.23. The predicted octanol–water partition coefficient (Wildman–Crippen LogP) is 3.81. The van der Waals surface area contributed by atoms with Crippen molar-refractivity contribution in [3.8, 4) is 5.75 Å². The molecule has 2 aromatic carbocycles. The van der Waals surface area contributed by atoms with Gasteiger partial charge >= 0.3 is 0 Å². The zero-order valence-electron chi connectivity index (χ0n) is 16.4. The number of hydrogen-bond donors (Lipinski definition) is 1. The first-order chi connectivity index (χ1) is 13.5. The Bertz CT molecular complexity index is 750. The third-order valence-corrected chi connectivity index (χ3v) is 4.93. The highest BCUT2D eigenvalue weighted by Crippen LogP contribution is 2.17. The van der Waals surface area contributed by atoms with Gasteiger partial charge in [-0.25, -0.2) is 0 Å². The summed E-state index contributed by atoms with van der Waals surface area (Å²) in [7, 11) is 0. The van der Waals surface area contributed by atoms with Crippen molar-refractivity contribution in [3.63, 3.8) is 0 Å². The molecule has 150 valence electrons. The average molecular weight is 447 g/mol. The van der Waals surface area contributed by atoms with E-state index in [0.717, 1.165) is 10.0 Å². The lowest BCUT2D eigenvalue weighted by molar-refractivity contribution is -0.142. The smallest absolute Gasteiger partial charge is 0.261 e. The Kier molecular flexibility index (Phi) is 9.01. The van der Waals surface area contributed by atoms with Gasteiger partial charge in [0.1, 0.15) is 11.8 Å². The van der Waals surface area contributed by atoms with Crippen LogP contribution in [0.1, 0.15) is 25.8 Å². The third-order valence-electron chi connectivity index (χ3n) is 4.40. The minimum Gasteiger partial charge on any atom is -0.484 e. The maximum atomic E-state index is 12.9. The van der Waals surface area contributed by atoms with Gasteiger partial charge in [0.05, 0.1) is 0 Å². The Hall–Kier alpha value is -2.34. The Morgan fingerprint density at radius 1 is 1.07 bits per heavy atom. The number of nitrogens with zero attached hydrogens (tertiary/aromatic N) is 1. The first kappa shape index (κ1) is 22.0. The molecule has 0 spiro atoms. The van der Waals surface area contributed by atoms with E-state index in [1.165, 1.54) is 0 Å². The number of halogens is 1. The van der Waals surface area contributed by atoms with Crippen molar-refractivity contribution >= 4 is 27.7 Å². The van der Waals surface area contributed by atoms with Crippen LogP contribution in [0.25, 0.3) is 0 Å². The van der Waals surface area contributed by atoms with E-state index >= 15 is 0 Å². The zero-order chi connectivity index (χ0) is 20.4. The lowest BCUT2D eigenvalue weighted by atomic mass is 10.1. The van der Waals surface area contributed by atoms with Crippen LogP contribution in [0.15, 0.2) is 59.1 Å². The number of ether oxygens (including phenoxy) is 1. The van der Waals surface area contributed by atoms with Gasteiger partial charge in [-0.3, -0.25) is 9.59 Å². The standard InChI is InChI=1S/C22H27BrN2O3/c1-3-20(22(27)24-4-2)25(15-14-17-8-6-5-7-9-17)21(26)16-28-19-12-10-18(23)11-13-19/h5-13,20H,3-4,14-16H2,1-2H3,(H,24,27)/t20-/m0/s1. The van der Waals surface area contributed by atoms with E-state index in [1.807, 2.05) is 56.3 Å². The number of carbonyl (C=O) groups excluding carboxylic acids is 2. The van der Waals surface area contributed by atoms with E-state index in [9.17, 15) is 9.59 Å². The minimum atomic E-state index is -0.510. The van der Waals surface area contributed by atoms with Crippen molar-refractivity contribution in [3.05, 3.63) is 64.6 Å². The molecule has 2 amide bonds. The second-order valence-corrected chi connectivity index (χ2v) is 7.30. The quantitative estimate of drug-likeness (QED) is 0.603. The van der Waals surface area contributed by atoms with Crippen molar-refractivity contribution in [2.24, 2.45) is 0 Å². The van der Waals surface area contributed by atoms with E-state index in [4.69, 9.17) is 4.74 Å². The van der Waals surface area contributed by atoms with Crippen molar-refractivity contribution in [2.75, 3.05) is 19.7 Å². The Morgan fingerprint density at radius 3 is 2.36 bits per heavy atom. The van der Waals surface area contributed by atoms with E-state index in [-0.39, 0.29) is 18.4 Å². The normalized spacial score (nSPS) is 11.5. The van der Waals surface area contributed by atoms with Crippen molar-refractivity contribution in [1.82, 2.24) is 10.2 Å². The van der Waals surface area contributed by atoms with Crippen molar-refractivity contribution < 1.29 is 14.3 Å². The van der Waals surface area contributed by atoms with E-state index in [1.54, 1.807) is 17.0 Å². The highest BCUT2D eigenvalue weighted by atomic mass is 79.9. The Balaban J connectivity index is 2.09. The molecule has 0 saturated heterocycles. The molecule has 0 bridgehead atoms. The van der Waals surface area contributed by atoms with Crippen LogP contribution in [-0.4, -0.2) is 42.5 Å². The molecule has 2 aromatic rings. The van der Waals surface area contributed by atoms with Crippen LogP contribution in [-0.2, 0) is 16.0 Å². The van der Waals surface area contributed by atoms with E-state index in [0.29, 0.717) is 31.7 Å². The Morgan fingerprint density at radius 2 is 1.75 bits per heavy atom. The number of rotatable bonds is 10. The predicted molar refractivity (Wildman–Crippen MR) is 114 cm³/mol. The molecule has 0 heterocycles. The lowest BCUT2D eigenvalue weighted by Crippen LogP contribution is -2.51. The molecule has 1 N–H and O–H groups in total. The lowest BCUT2D eigenvalue weighted by Gasteiger charge is -2.30. The van der Waals surface area contributed by atoms with Crippen LogP contribution in [0.5, 0.6) is 5.75 Å². The largest absolute Gasteiger partial charge is 0.484 e. The molecular formula is C22H27BrN2O3. The zero-order valence-corrected chi connectivity index (χ0v) is 17.9. The second-order valence-electron chi connectivity index (χ2n) is 6.38. The highest BCUT2D eigenvalue weighted by Gasteiger charge is 2.28. The average Bonchev–Trinajstić information content (AvgIpc) is 2.71. The first-order valence-corrected chi connectivity index (χ1v) is 10.3. The van der Waals surface area contributed by atoms with Crippen LogP contribution in [0, 0.1) is 0 Å². The molecule has 28 heavy (non-hydrogen) atoms. The summed E-state index contributed by atoms with van der Waals surface area (Å²) in [6.45, 7) is 4.68. The van der Waals surface area contributed by atoms with Crippen LogP contribution in [0.4, 0.5) is 0 Å². The summed E-state index contributed by atoms with van der Waals surface area (Å²) in [4.78, 5) is 27.1. The summed E-state index contributed by atoms with van der Waals surface area (Å²) < 4.78 is 6.59. The number of carbonyl (C=O) groups is 2. The van der Waals surface area contributed by atoms with Gasteiger partial charge in [-0.05, 0) is 49.6 Å². The van der Waals surface area contributed by atoms with Gasteiger partial charge in [-0.15, -0.1) is 0 Å². The molecular weight excluding hydrogens is 420 g/mol. The molecule has 0 aliphatic rings. The first-order valence-electron chi connectivity index (χ1n) is 9.54. The highest BCUT2D eigenvalue weighted by molar-refractivity contribution is 9.10. The molecule has 2 rings (SSSR count). The molecule has 6 heteroatoms. The fraction of sp³-hybridized carbons (Fsp3) is 0.364. The molecule has 5 nitrogen and oxygen atoms in total. The molecule has 0 fully saturated rings. The van der Waals surface area contributed by atoms with Gasteiger partial charge in [0.25, 0.3) is 5.91 Å². The van der Waals surface area contributed by atoms with Gasteiger partial charge in [-0.2, -0.15) is 0 Å². The van der Waals surface area contributed by atoms with Crippen molar-refractivity contribution in [2.45, 2.75) is 32.7 Å². The maximum Gasteiger partial charge on any atom is 0.261 e. The summed E-state index contributed by atoms with van der Waals surface area (Å²) in [6, 6.07) is 16.7.